The Morgan fingerprint density at radius 3 is 2.33 bits per heavy atom. The van der Waals surface area contributed by atoms with E-state index in [0.717, 1.165) is 10.9 Å². The Balaban J connectivity index is 1.53. The summed E-state index contributed by atoms with van der Waals surface area (Å²) < 4.78 is 35.7. The maximum atomic E-state index is 12.5. The minimum atomic E-state index is -3.95. The topological polar surface area (TPSA) is 112 Å². The van der Waals surface area contributed by atoms with E-state index in [1.165, 1.54) is 12.1 Å². The number of para-hydroxylation sites is 1. The molecule has 8 heteroatoms. The lowest BCUT2D eigenvalue weighted by molar-refractivity contribution is 0.486. The molecular formula is C25H18N2O5S. The van der Waals surface area contributed by atoms with E-state index in [4.69, 9.17) is 14.3 Å². The minimum Gasteiger partial charge on any atom is -0.422 e. The molecule has 2 heterocycles. The summed E-state index contributed by atoms with van der Waals surface area (Å²) >= 11 is 0. The monoisotopic (exact) mass is 458 g/mol. The Morgan fingerprint density at radius 2 is 1.61 bits per heavy atom. The highest BCUT2D eigenvalue weighted by molar-refractivity contribution is 7.87. The average molecular weight is 458 g/mol. The van der Waals surface area contributed by atoms with Crippen LogP contribution in [0.2, 0.25) is 0 Å². The van der Waals surface area contributed by atoms with Gasteiger partial charge in [0.1, 0.15) is 27.4 Å². The molecule has 0 aliphatic rings. The molecule has 0 atom stereocenters. The molecule has 0 saturated heterocycles. The molecule has 0 unspecified atom stereocenters. The lowest BCUT2D eigenvalue weighted by atomic mass is 10.0. The zero-order chi connectivity index (χ0) is 23.2. The SMILES string of the molecule is Cc1ccc(S(=O)(=O)Oc2ccc(-c3cc4c(c(N)n3)c(=O)oc3ccccc34)cc2)cc1. The van der Waals surface area contributed by atoms with Gasteiger partial charge in [0.15, 0.2) is 0 Å². The highest BCUT2D eigenvalue weighted by atomic mass is 32.2. The Morgan fingerprint density at radius 1 is 0.909 bits per heavy atom. The zero-order valence-electron chi connectivity index (χ0n) is 17.5. The van der Waals surface area contributed by atoms with Gasteiger partial charge in [-0.1, -0.05) is 35.9 Å². The van der Waals surface area contributed by atoms with Gasteiger partial charge in [-0.25, -0.2) is 9.78 Å². The fourth-order valence-electron chi connectivity index (χ4n) is 3.63. The van der Waals surface area contributed by atoms with E-state index < -0.39 is 15.7 Å². The van der Waals surface area contributed by atoms with Crippen molar-refractivity contribution < 1.29 is 17.0 Å². The van der Waals surface area contributed by atoms with Crippen LogP contribution >= 0.6 is 0 Å². The summed E-state index contributed by atoms with van der Waals surface area (Å²) in [4.78, 5) is 16.8. The smallest absolute Gasteiger partial charge is 0.347 e. The van der Waals surface area contributed by atoms with E-state index in [0.29, 0.717) is 22.2 Å². The first-order chi connectivity index (χ1) is 15.8. The molecule has 5 aromatic rings. The largest absolute Gasteiger partial charge is 0.422 e. The van der Waals surface area contributed by atoms with E-state index >= 15 is 0 Å². The van der Waals surface area contributed by atoms with E-state index in [1.807, 2.05) is 19.1 Å². The Bertz CT molecular complexity index is 1670. The van der Waals surface area contributed by atoms with Gasteiger partial charge in [0.2, 0.25) is 0 Å². The summed E-state index contributed by atoms with van der Waals surface area (Å²) in [5.41, 5.74) is 8.17. The molecule has 2 aromatic heterocycles. The van der Waals surface area contributed by atoms with Gasteiger partial charge < -0.3 is 14.3 Å². The summed E-state index contributed by atoms with van der Waals surface area (Å²) in [5.74, 6) is 0.225. The molecule has 7 nitrogen and oxygen atoms in total. The maximum absolute atomic E-state index is 12.5. The molecule has 3 aromatic carbocycles. The van der Waals surface area contributed by atoms with Gasteiger partial charge in [-0.05, 0) is 55.5 Å². The van der Waals surface area contributed by atoms with Crippen LogP contribution in [0.3, 0.4) is 0 Å². The van der Waals surface area contributed by atoms with Crippen molar-refractivity contribution in [1.82, 2.24) is 4.98 Å². The van der Waals surface area contributed by atoms with Gasteiger partial charge in [0, 0.05) is 16.3 Å². The molecule has 0 aliphatic carbocycles. The van der Waals surface area contributed by atoms with Crippen LogP contribution in [0.5, 0.6) is 5.75 Å². The fraction of sp³-hybridized carbons (Fsp3) is 0.0400. The van der Waals surface area contributed by atoms with E-state index in [-0.39, 0.29) is 21.8 Å². The summed E-state index contributed by atoms with van der Waals surface area (Å²) in [5, 5.41) is 1.60. The first kappa shape index (κ1) is 20.7. The first-order valence-corrected chi connectivity index (χ1v) is 11.5. The second-order valence-electron chi connectivity index (χ2n) is 7.58. The number of nitrogens with two attached hydrogens (primary N) is 1. The maximum Gasteiger partial charge on any atom is 0.347 e. The summed E-state index contributed by atoms with van der Waals surface area (Å²) in [6, 6.07) is 21.8. The summed E-state index contributed by atoms with van der Waals surface area (Å²) in [7, 11) is -3.95. The van der Waals surface area contributed by atoms with Crippen LogP contribution in [0.25, 0.3) is 33.0 Å². The molecule has 5 rings (SSSR count). The average Bonchev–Trinajstić information content (AvgIpc) is 2.79. The molecule has 0 spiro atoms. The first-order valence-electron chi connectivity index (χ1n) is 10.1. The van der Waals surface area contributed by atoms with Gasteiger partial charge in [0.05, 0.1) is 5.69 Å². The van der Waals surface area contributed by atoms with Gasteiger partial charge in [-0.3, -0.25) is 0 Å². The highest BCUT2D eigenvalue weighted by Crippen LogP contribution is 2.30. The molecule has 164 valence electrons. The van der Waals surface area contributed by atoms with Crippen molar-refractivity contribution in [3.05, 3.63) is 94.8 Å². The Labute approximate surface area is 189 Å². The zero-order valence-corrected chi connectivity index (χ0v) is 18.3. The van der Waals surface area contributed by atoms with Crippen LogP contribution in [0.15, 0.2) is 93.0 Å². The molecule has 33 heavy (non-hydrogen) atoms. The Kier molecular flexibility index (Phi) is 4.87. The molecule has 0 fully saturated rings. The number of fused-ring (bicyclic) bond motifs is 3. The highest BCUT2D eigenvalue weighted by Gasteiger charge is 2.17. The summed E-state index contributed by atoms with van der Waals surface area (Å²) in [6.45, 7) is 1.87. The molecule has 2 N–H and O–H groups in total. The number of hydrogen-bond donors (Lipinski definition) is 1. The Hall–Kier alpha value is -4.17. The fourth-order valence-corrected chi connectivity index (χ4v) is 4.56. The van der Waals surface area contributed by atoms with Crippen LogP contribution in [-0.2, 0) is 10.1 Å². The van der Waals surface area contributed by atoms with Gasteiger partial charge in [-0.15, -0.1) is 0 Å². The number of benzene rings is 3. The van der Waals surface area contributed by atoms with Crippen LogP contribution < -0.4 is 15.5 Å². The number of pyridine rings is 1. The number of hydrogen-bond acceptors (Lipinski definition) is 7. The quantitative estimate of drug-likeness (QED) is 0.237. The molecule has 0 amide bonds. The second-order valence-corrected chi connectivity index (χ2v) is 9.12. The minimum absolute atomic E-state index is 0.0595. The standard InChI is InChI=1S/C25H18N2O5S/c1-15-6-12-18(13-7-15)33(29,30)32-17-10-8-16(9-11-17)21-14-20-19-4-2-3-5-22(19)31-25(28)23(20)24(26)27-21/h2-14H,1H3,(H2,26,27). The molecule has 0 bridgehead atoms. The van der Waals surface area contributed by atoms with Crippen molar-refractivity contribution in [3.8, 4) is 17.0 Å². The summed E-state index contributed by atoms with van der Waals surface area (Å²) in [6.07, 6.45) is 0. The van der Waals surface area contributed by atoms with E-state index in [1.54, 1.807) is 54.6 Å². The van der Waals surface area contributed by atoms with Crippen LogP contribution in [0, 0.1) is 6.92 Å². The van der Waals surface area contributed by atoms with Gasteiger partial charge in [-0.2, -0.15) is 8.42 Å². The van der Waals surface area contributed by atoms with Crippen LogP contribution in [-0.4, -0.2) is 13.4 Å². The lowest BCUT2D eigenvalue weighted by Gasteiger charge is -2.10. The van der Waals surface area contributed by atoms with E-state index in [2.05, 4.69) is 4.98 Å². The number of aromatic nitrogens is 1. The number of anilines is 1. The predicted octanol–water partition coefficient (Wildman–Crippen LogP) is 4.67. The van der Waals surface area contributed by atoms with Crippen LogP contribution in [0.1, 0.15) is 5.56 Å². The third-order valence-electron chi connectivity index (χ3n) is 5.30. The van der Waals surface area contributed by atoms with Crippen molar-refractivity contribution in [3.63, 3.8) is 0 Å². The predicted molar refractivity (Wildman–Crippen MR) is 127 cm³/mol. The van der Waals surface area contributed by atoms with Crippen molar-refractivity contribution in [2.24, 2.45) is 0 Å². The van der Waals surface area contributed by atoms with Crippen molar-refractivity contribution >= 4 is 37.7 Å². The van der Waals surface area contributed by atoms with Gasteiger partial charge >= 0.3 is 15.7 Å². The van der Waals surface area contributed by atoms with Crippen LogP contribution in [0.4, 0.5) is 5.82 Å². The second kappa shape index (κ2) is 7.75. The van der Waals surface area contributed by atoms with Crippen molar-refractivity contribution in [2.75, 3.05) is 5.73 Å². The van der Waals surface area contributed by atoms with Crippen molar-refractivity contribution in [2.45, 2.75) is 11.8 Å². The lowest BCUT2D eigenvalue weighted by Crippen LogP contribution is -2.09. The number of nitrogens with zero attached hydrogens (tertiary/aromatic N) is 1. The number of aryl methyl sites for hydroxylation is 1. The van der Waals surface area contributed by atoms with Gasteiger partial charge in [0.25, 0.3) is 0 Å². The third-order valence-corrected chi connectivity index (χ3v) is 6.56. The normalized spacial score (nSPS) is 11.7. The molecular weight excluding hydrogens is 440 g/mol. The number of rotatable bonds is 4. The third kappa shape index (κ3) is 3.81. The number of nitrogen functional groups attached to an aromatic ring is 1. The molecule has 0 aliphatic heterocycles. The van der Waals surface area contributed by atoms with E-state index in [9.17, 15) is 13.2 Å². The van der Waals surface area contributed by atoms with Crippen molar-refractivity contribution in [1.29, 1.82) is 0 Å². The molecule has 0 saturated carbocycles. The molecule has 0 radical (unpaired) electrons.